The Kier molecular flexibility index (Phi) is 5.69. The van der Waals surface area contributed by atoms with E-state index in [4.69, 9.17) is 11.6 Å². The van der Waals surface area contributed by atoms with Crippen LogP contribution in [0.5, 0.6) is 0 Å². The summed E-state index contributed by atoms with van der Waals surface area (Å²) >= 11 is 6.74. The van der Waals surface area contributed by atoms with Gasteiger partial charge in [0.25, 0.3) is 15.9 Å². The second-order valence-corrected chi connectivity index (χ2v) is 8.94. The number of carbonyl (C=O) groups is 1. The average Bonchev–Trinajstić information content (AvgIpc) is 3.16. The van der Waals surface area contributed by atoms with Crippen LogP contribution in [0.4, 0.5) is 20.2 Å². The van der Waals surface area contributed by atoms with Gasteiger partial charge in [-0.1, -0.05) is 11.6 Å². The minimum Gasteiger partial charge on any atom is -0.321 e. The first-order valence-corrected chi connectivity index (χ1v) is 10.5. The second kappa shape index (κ2) is 7.86. The van der Waals surface area contributed by atoms with Crippen LogP contribution >= 0.6 is 22.9 Å². The first-order valence-electron chi connectivity index (χ1n) is 7.78. The Hall–Kier alpha value is -2.49. The summed E-state index contributed by atoms with van der Waals surface area (Å²) in [7, 11) is -2.68. The lowest BCUT2D eigenvalue weighted by Crippen LogP contribution is -2.28. The molecule has 0 spiro atoms. The van der Waals surface area contributed by atoms with Gasteiger partial charge in [0.1, 0.15) is 9.77 Å². The molecule has 0 bridgehead atoms. The molecule has 0 saturated heterocycles. The van der Waals surface area contributed by atoms with E-state index in [9.17, 15) is 22.0 Å². The Bertz CT molecular complexity index is 1130. The zero-order valence-corrected chi connectivity index (χ0v) is 16.7. The van der Waals surface area contributed by atoms with Crippen molar-refractivity contribution in [3.05, 3.63) is 75.4 Å². The van der Waals surface area contributed by atoms with Crippen LogP contribution in [0.15, 0.2) is 58.8 Å². The lowest BCUT2D eigenvalue weighted by atomic mass is 10.3. The average molecular weight is 443 g/mol. The van der Waals surface area contributed by atoms with E-state index in [1.165, 1.54) is 36.7 Å². The third kappa shape index (κ3) is 4.01. The molecule has 0 radical (unpaired) electrons. The van der Waals surface area contributed by atoms with Crippen molar-refractivity contribution in [2.24, 2.45) is 0 Å². The molecule has 1 N–H and O–H groups in total. The summed E-state index contributed by atoms with van der Waals surface area (Å²) in [5.41, 5.74) is 0.370. The molecule has 1 amide bonds. The summed E-state index contributed by atoms with van der Waals surface area (Å²) in [4.78, 5) is 12.2. The first kappa shape index (κ1) is 20.2. The molecular formula is C18H13ClF2N2O3S2. The molecule has 28 heavy (non-hydrogen) atoms. The number of halogens is 3. The minimum absolute atomic E-state index is 0.00621. The maximum Gasteiger partial charge on any atom is 0.267 e. The molecule has 0 unspecified atom stereocenters. The number of rotatable bonds is 5. The lowest BCUT2D eigenvalue weighted by molar-refractivity contribution is 0.102. The van der Waals surface area contributed by atoms with Crippen molar-refractivity contribution >= 4 is 50.2 Å². The van der Waals surface area contributed by atoms with Crippen LogP contribution in [0.1, 0.15) is 9.67 Å². The largest absolute Gasteiger partial charge is 0.321 e. The molecule has 10 heteroatoms. The van der Waals surface area contributed by atoms with Crippen molar-refractivity contribution in [2.75, 3.05) is 16.7 Å². The van der Waals surface area contributed by atoms with Crippen molar-refractivity contribution in [1.29, 1.82) is 0 Å². The second-order valence-electron chi connectivity index (χ2n) is 5.65. The molecule has 0 atom stereocenters. The zero-order chi connectivity index (χ0) is 20.5. The summed E-state index contributed by atoms with van der Waals surface area (Å²) < 4.78 is 53.3. The number of hydrogen-bond acceptors (Lipinski definition) is 4. The lowest BCUT2D eigenvalue weighted by Gasteiger charge is -2.19. The highest BCUT2D eigenvalue weighted by Gasteiger charge is 2.28. The number of nitrogens with one attached hydrogen (secondary N) is 1. The third-order valence-corrected chi connectivity index (χ3v) is 6.96. The highest BCUT2D eigenvalue weighted by Crippen LogP contribution is 2.29. The molecule has 1 aromatic heterocycles. The van der Waals surface area contributed by atoms with Gasteiger partial charge in [0.2, 0.25) is 0 Å². The van der Waals surface area contributed by atoms with Crippen molar-refractivity contribution in [2.45, 2.75) is 4.90 Å². The molecule has 146 valence electrons. The third-order valence-electron chi connectivity index (χ3n) is 3.84. The Morgan fingerprint density at radius 3 is 2.39 bits per heavy atom. The van der Waals surface area contributed by atoms with E-state index in [0.717, 1.165) is 27.8 Å². The number of hydrogen-bond donors (Lipinski definition) is 1. The number of benzene rings is 2. The number of sulfonamides is 1. The van der Waals surface area contributed by atoms with E-state index in [1.54, 1.807) is 12.1 Å². The predicted octanol–water partition coefficient (Wildman–Crippen LogP) is 4.76. The van der Waals surface area contributed by atoms with Crippen LogP contribution in [0, 0.1) is 11.6 Å². The number of nitrogens with zero attached hydrogens (tertiary/aromatic N) is 1. The van der Waals surface area contributed by atoms with E-state index in [2.05, 4.69) is 5.32 Å². The molecular weight excluding hydrogens is 430 g/mol. The van der Waals surface area contributed by atoms with Gasteiger partial charge in [-0.25, -0.2) is 17.2 Å². The maximum absolute atomic E-state index is 13.3. The van der Waals surface area contributed by atoms with E-state index in [0.29, 0.717) is 10.7 Å². The van der Waals surface area contributed by atoms with Gasteiger partial charge in [-0.15, -0.1) is 11.3 Å². The fourth-order valence-corrected chi connectivity index (χ4v) is 4.98. The van der Waals surface area contributed by atoms with E-state index < -0.39 is 27.6 Å². The van der Waals surface area contributed by atoms with Crippen LogP contribution in [-0.4, -0.2) is 21.4 Å². The SMILES string of the molecule is CN(c1ccc(Cl)cc1)S(=O)(=O)c1ccsc1C(=O)Nc1ccc(F)c(F)c1. The van der Waals surface area contributed by atoms with Gasteiger partial charge in [0, 0.05) is 23.8 Å². The van der Waals surface area contributed by atoms with Crippen molar-refractivity contribution in [3.63, 3.8) is 0 Å². The van der Waals surface area contributed by atoms with Crippen LogP contribution < -0.4 is 9.62 Å². The number of thiophene rings is 1. The minimum atomic E-state index is -4.04. The van der Waals surface area contributed by atoms with Gasteiger partial charge in [0.15, 0.2) is 11.6 Å². The van der Waals surface area contributed by atoms with Crippen molar-refractivity contribution < 1.29 is 22.0 Å². The predicted molar refractivity (Wildman–Crippen MR) is 106 cm³/mol. The Labute approximate surface area is 169 Å². The fourth-order valence-electron chi connectivity index (χ4n) is 2.37. The van der Waals surface area contributed by atoms with Crippen molar-refractivity contribution in [1.82, 2.24) is 0 Å². The number of anilines is 2. The van der Waals surface area contributed by atoms with Crippen molar-refractivity contribution in [3.8, 4) is 0 Å². The molecule has 0 saturated carbocycles. The molecule has 0 fully saturated rings. The highest BCUT2D eigenvalue weighted by atomic mass is 35.5. The molecule has 0 aliphatic rings. The van der Waals surface area contributed by atoms with Crippen LogP contribution in [-0.2, 0) is 10.0 Å². The Balaban J connectivity index is 1.90. The number of amides is 1. The van der Waals surface area contributed by atoms with E-state index in [-0.39, 0.29) is 15.5 Å². The summed E-state index contributed by atoms with van der Waals surface area (Å²) in [5.74, 6) is -2.93. The monoisotopic (exact) mass is 442 g/mol. The zero-order valence-electron chi connectivity index (χ0n) is 14.3. The van der Waals surface area contributed by atoms with Crippen LogP contribution in [0.2, 0.25) is 5.02 Å². The normalized spacial score (nSPS) is 11.3. The molecule has 2 aromatic carbocycles. The first-order chi connectivity index (χ1) is 13.2. The quantitative estimate of drug-likeness (QED) is 0.619. The fraction of sp³-hybridized carbons (Fsp3) is 0.0556. The van der Waals surface area contributed by atoms with Gasteiger partial charge in [0.05, 0.1) is 5.69 Å². The molecule has 1 heterocycles. The maximum atomic E-state index is 13.3. The van der Waals surface area contributed by atoms with E-state index >= 15 is 0 Å². The molecule has 3 rings (SSSR count). The summed E-state index contributed by atoms with van der Waals surface area (Å²) in [6, 6.07) is 10.3. The Morgan fingerprint density at radius 1 is 1.07 bits per heavy atom. The standard InChI is InChI=1S/C18H13ClF2N2O3S2/c1-23(13-5-2-11(19)3-6-13)28(25,26)16-8-9-27-17(16)18(24)22-12-4-7-14(20)15(21)10-12/h2-10H,1H3,(H,22,24). The molecule has 0 aliphatic carbocycles. The van der Waals surface area contributed by atoms with Crippen LogP contribution in [0.3, 0.4) is 0 Å². The molecule has 5 nitrogen and oxygen atoms in total. The van der Waals surface area contributed by atoms with Gasteiger partial charge < -0.3 is 5.32 Å². The molecule has 3 aromatic rings. The van der Waals surface area contributed by atoms with Gasteiger partial charge in [-0.2, -0.15) is 0 Å². The Morgan fingerprint density at radius 2 is 1.75 bits per heavy atom. The van der Waals surface area contributed by atoms with E-state index in [1.807, 2.05) is 0 Å². The summed E-state index contributed by atoms with van der Waals surface area (Å²) in [6.07, 6.45) is 0. The summed E-state index contributed by atoms with van der Waals surface area (Å²) in [5, 5.41) is 4.29. The van der Waals surface area contributed by atoms with Gasteiger partial charge >= 0.3 is 0 Å². The highest BCUT2D eigenvalue weighted by molar-refractivity contribution is 7.93. The topological polar surface area (TPSA) is 66.5 Å². The van der Waals surface area contributed by atoms with Gasteiger partial charge in [-0.3, -0.25) is 9.10 Å². The summed E-state index contributed by atoms with van der Waals surface area (Å²) in [6.45, 7) is 0. The molecule has 0 aliphatic heterocycles. The number of carbonyl (C=O) groups excluding carboxylic acids is 1. The van der Waals surface area contributed by atoms with Gasteiger partial charge in [-0.05, 0) is 47.8 Å². The smallest absolute Gasteiger partial charge is 0.267 e. The van der Waals surface area contributed by atoms with Crippen LogP contribution in [0.25, 0.3) is 0 Å².